The van der Waals surface area contributed by atoms with Crippen LogP contribution in [0.2, 0.25) is 0 Å². The van der Waals surface area contributed by atoms with Crippen molar-refractivity contribution in [2.45, 2.75) is 44.1 Å². The number of hydrogen-bond donors (Lipinski definition) is 0. The van der Waals surface area contributed by atoms with Gasteiger partial charge in [0.15, 0.2) is 0 Å². The van der Waals surface area contributed by atoms with Gasteiger partial charge >= 0.3 is 0 Å². The number of piperidine rings is 1. The highest BCUT2D eigenvalue weighted by atomic mass is 32.1. The Balaban J connectivity index is 1.02. The minimum Gasteiger partial charge on any atom is -0.493 e. The number of nitrogens with zero attached hydrogens (tertiary/aromatic N) is 4. The van der Waals surface area contributed by atoms with Crippen LogP contribution in [0.4, 0.5) is 5.13 Å². The summed E-state index contributed by atoms with van der Waals surface area (Å²) < 4.78 is 11.5. The van der Waals surface area contributed by atoms with Gasteiger partial charge in [0.1, 0.15) is 11.3 Å². The van der Waals surface area contributed by atoms with E-state index in [1.54, 1.807) is 11.3 Å². The van der Waals surface area contributed by atoms with E-state index in [9.17, 15) is 0 Å². The van der Waals surface area contributed by atoms with E-state index in [-0.39, 0.29) is 0 Å². The Morgan fingerprint density at radius 1 is 1.13 bits per heavy atom. The lowest BCUT2D eigenvalue weighted by atomic mass is 9.78. The smallest absolute Gasteiger partial charge is 0.208 e. The average molecular weight is 441 g/mol. The molecule has 6 nitrogen and oxygen atoms in total. The van der Waals surface area contributed by atoms with Gasteiger partial charge in [0, 0.05) is 30.5 Å². The lowest BCUT2D eigenvalue weighted by molar-refractivity contribution is -0.0510. The molecule has 3 aliphatic heterocycles. The molecular formula is C24H32N4O2S. The van der Waals surface area contributed by atoms with Crippen molar-refractivity contribution in [3.8, 4) is 5.75 Å². The Kier molecular flexibility index (Phi) is 5.36. The first-order valence-corrected chi connectivity index (χ1v) is 12.7. The third-order valence-electron chi connectivity index (χ3n) is 7.93. The minimum absolute atomic E-state index is 0.527. The lowest BCUT2D eigenvalue weighted by Gasteiger charge is -2.48. The highest BCUT2D eigenvalue weighted by Gasteiger charge is 2.50. The molecule has 4 heterocycles. The molecular weight excluding hydrogens is 408 g/mol. The van der Waals surface area contributed by atoms with Crippen LogP contribution in [0, 0.1) is 11.3 Å². The topological polar surface area (TPSA) is 50.7 Å². The summed E-state index contributed by atoms with van der Waals surface area (Å²) in [5, 5.41) is 9.34. The first-order chi connectivity index (χ1) is 15.3. The second-order valence-corrected chi connectivity index (χ2v) is 10.8. The van der Waals surface area contributed by atoms with Gasteiger partial charge in [-0.05, 0) is 62.7 Å². The van der Waals surface area contributed by atoms with Crippen LogP contribution in [0.1, 0.15) is 43.6 Å². The SMILES string of the molecule is c1ccc(C2CCN(C3CCC4(C3)CN(c3nncs3)C4)CC2)c(OCC2COC2)c1. The number of hydrogen-bond acceptors (Lipinski definition) is 7. The first kappa shape index (κ1) is 19.9. The maximum atomic E-state index is 6.20. The van der Waals surface area contributed by atoms with Crippen molar-refractivity contribution in [3.05, 3.63) is 35.3 Å². The fraction of sp³-hybridized carbons (Fsp3) is 0.667. The van der Waals surface area contributed by atoms with Gasteiger partial charge < -0.3 is 19.3 Å². The molecule has 1 spiro atoms. The van der Waals surface area contributed by atoms with Crippen LogP contribution in [0.5, 0.6) is 5.75 Å². The average Bonchev–Trinajstić information content (AvgIpc) is 3.42. The Hall–Kier alpha value is -1.70. The zero-order valence-electron chi connectivity index (χ0n) is 18.1. The number of likely N-dealkylation sites (tertiary alicyclic amines) is 1. The van der Waals surface area contributed by atoms with Crippen LogP contribution in [0.3, 0.4) is 0 Å². The largest absolute Gasteiger partial charge is 0.493 e. The lowest BCUT2D eigenvalue weighted by Crippen LogP contribution is -2.56. The zero-order valence-corrected chi connectivity index (χ0v) is 18.9. The monoisotopic (exact) mass is 440 g/mol. The molecule has 1 aromatic carbocycles. The summed E-state index contributed by atoms with van der Waals surface area (Å²) in [5.41, 5.74) is 3.78. The van der Waals surface area contributed by atoms with Crippen molar-refractivity contribution in [1.29, 1.82) is 0 Å². The molecule has 4 fully saturated rings. The zero-order chi connectivity index (χ0) is 20.7. The van der Waals surface area contributed by atoms with Crippen molar-refractivity contribution in [2.75, 3.05) is 50.9 Å². The van der Waals surface area contributed by atoms with E-state index < -0.39 is 0 Å². The molecule has 0 radical (unpaired) electrons. The third kappa shape index (κ3) is 3.96. The normalized spacial score (nSPS) is 26.7. The predicted octanol–water partition coefficient (Wildman–Crippen LogP) is 3.80. The van der Waals surface area contributed by atoms with Crippen LogP contribution in [0.15, 0.2) is 29.8 Å². The molecule has 31 heavy (non-hydrogen) atoms. The molecule has 1 saturated carbocycles. The molecule has 6 rings (SSSR count). The van der Waals surface area contributed by atoms with E-state index in [2.05, 4.69) is 44.3 Å². The van der Waals surface area contributed by atoms with Gasteiger partial charge in [0.2, 0.25) is 5.13 Å². The fourth-order valence-electron chi connectivity index (χ4n) is 6.09. The number of ether oxygens (including phenoxy) is 2. The van der Waals surface area contributed by atoms with Crippen molar-refractivity contribution < 1.29 is 9.47 Å². The molecule has 4 aliphatic rings. The summed E-state index contributed by atoms with van der Waals surface area (Å²) in [6, 6.07) is 9.48. The summed E-state index contributed by atoms with van der Waals surface area (Å²) in [6.45, 7) is 7.27. The van der Waals surface area contributed by atoms with Crippen LogP contribution < -0.4 is 9.64 Å². The van der Waals surface area contributed by atoms with Crippen molar-refractivity contribution in [3.63, 3.8) is 0 Å². The molecule has 1 unspecified atom stereocenters. The summed E-state index contributed by atoms with van der Waals surface area (Å²) in [6.07, 6.45) is 6.57. The van der Waals surface area contributed by atoms with Crippen LogP contribution >= 0.6 is 11.3 Å². The number of anilines is 1. The van der Waals surface area contributed by atoms with Gasteiger partial charge in [-0.1, -0.05) is 29.5 Å². The van der Waals surface area contributed by atoms with E-state index in [1.165, 1.54) is 63.8 Å². The van der Waals surface area contributed by atoms with E-state index in [4.69, 9.17) is 9.47 Å². The third-order valence-corrected chi connectivity index (χ3v) is 8.68. The fourth-order valence-corrected chi connectivity index (χ4v) is 6.65. The summed E-state index contributed by atoms with van der Waals surface area (Å²) in [4.78, 5) is 5.20. The first-order valence-electron chi connectivity index (χ1n) is 11.8. The number of aromatic nitrogens is 2. The molecule has 1 aromatic heterocycles. The number of benzene rings is 1. The van der Waals surface area contributed by atoms with E-state index >= 15 is 0 Å². The van der Waals surface area contributed by atoms with Crippen molar-refractivity contribution >= 4 is 16.5 Å². The maximum Gasteiger partial charge on any atom is 0.208 e. The molecule has 0 amide bonds. The number of rotatable bonds is 6. The van der Waals surface area contributed by atoms with Gasteiger partial charge in [-0.3, -0.25) is 0 Å². The van der Waals surface area contributed by atoms with Crippen LogP contribution in [0.25, 0.3) is 0 Å². The Bertz CT molecular complexity index is 873. The van der Waals surface area contributed by atoms with E-state index in [1.807, 2.05) is 5.51 Å². The van der Waals surface area contributed by atoms with Gasteiger partial charge in [0.05, 0.1) is 19.8 Å². The minimum atomic E-state index is 0.527. The molecule has 2 aromatic rings. The Morgan fingerprint density at radius 2 is 1.97 bits per heavy atom. The van der Waals surface area contributed by atoms with Gasteiger partial charge in [-0.25, -0.2) is 0 Å². The second kappa shape index (κ2) is 8.34. The maximum absolute atomic E-state index is 6.20. The van der Waals surface area contributed by atoms with Gasteiger partial charge in [-0.2, -0.15) is 0 Å². The Morgan fingerprint density at radius 3 is 2.71 bits per heavy atom. The predicted molar refractivity (Wildman–Crippen MR) is 122 cm³/mol. The standard InChI is InChI=1S/C24H32N4O2S/c1-2-4-22(30-14-18-12-29-13-18)21(3-1)19-6-9-27(10-7-19)20-5-8-24(11-20)15-28(16-24)23-26-25-17-31-23/h1-4,17-20H,5-16H2. The Labute approximate surface area is 188 Å². The second-order valence-electron chi connectivity index (χ2n) is 10.0. The molecule has 166 valence electrons. The van der Waals surface area contributed by atoms with Gasteiger partial charge in [0.25, 0.3) is 0 Å². The molecule has 0 N–H and O–H groups in total. The van der Waals surface area contributed by atoms with Crippen molar-refractivity contribution in [2.24, 2.45) is 11.3 Å². The van der Waals surface area contributed by atoms with Crippen LogP contribution in [-0.2, 0) is 4.74 Å². The molecule has 0 bridgehead atoms. The quantitative estimate of drug-likeness (QED) is 0.681. The van der Waals surface area contributed by atoms with Gasteiger partial charge in [-0.15, -0.1) is 10.2 Å². The van der Waals surface area contributed by atoms with Crippen LogP contribution in [-0.4, -0.2) is 67.1 Å². The number of para-hydroxylation sites is 1. The summed E-state index contributed by atoms with van der Waals surface area (Å²) >= 11 is 1.66. The summed E-state index contributed by atoms with van der Waals surface area (Å²) in [5.74, 6) is 2.29. The molecule has 1 atom stereocenters. The molecule has 7 heteroatoms. The van der Waals surface area contributed by atoms with E-state index in [0.29, 0.717) is 17.3 Å². The molecule has 3 saturated heterocycles. The highest BCUT2D eigenvalue weighted by molar-refractivity contribution is 7.13. The molecule has 1 aliphatic carbocycles. The van der Waals surface area contributed by atoms with Crippen molar-refractivity contribution in [1.82, 2.24) is 15.1 Å². The summed E-state index contributed by atoms with van der Waals surface area (Å²) in [7, 11) is 0. The van der Waals surface area contributed by atoms with E-state index in [0.717, 1.165) is 36.7 Å². The highest BCUT2D eigenvalue weighted by Crippen LogP contribution is 2.49.